The first-order valence-corrected chi connectivity index (χ1v) is 6.72. The van der Waals surface area contributed by atoms with Gasteiger partial charge < -0.3 is 10.1 Å². The SMILES string of the molecule is CCC1(CNCc2ccc(OC)cc2F)CCC1. The van der Waals surface area contributed by atoms with E-state index in [2.05, 4.69) is 12.2 Å². The van der Waals surface area contributed by atoms with Gasteiger partial charge in [0.1, 0.15) is 11.6 Å². The van der Waals surface area contributed by atoms with Crippen molar-refractivity contribution in [2.24, 2.45) is 5.41 Å². The highest BCUT2D eigenvalue weighted by Crippen LogP contribution is 2.43. The number of benzene rings is 1. The van der Waals surface area contributed by atoms with Crippen LogP contribution in [0.15, 0.2) is 18.2 Å². The highest BCUT2D eigenvalue weighted by Gasteiger charge is 2.34. The van der Waals surface area contributed by atoms with Crippen LogP contribution in [-0.4, -0.2) is 13.7 Å². The van der Waals surface area contributed by atoms with Crippen LogP contribution in [0, 0.1) is 11.2 Å². The molecule has 0 radical (unpaired) electrons. The van der Waals surface area contributed by atoms with Gasteiger partial charge in [-0.2, -0.15) is 0 Å². The lowest BCUT2D eigenvalue weighted by molar-refractivity contribution is 0.123. The van der Waals surface area contributed by atoms with Crippen molar-refractivity contribution in [3.8, 4) is 5.75 Å². The van der Waals surface area contributed by atoms with Crippen molar-refractivity contribution in [2.75, 3.05) is 13.7 Å². The molecule has 0 heterocycles. The van der Waals surface area contributed by atoms with E-state index in [0.29, 0.717) is 23.3 Å². The number of nitrogens with one attached hydrogen (secondary N) is 1. The fraction of sp³-hybridized carbons (Fsp3) is 0.600. The zero-order chi connectivity index (χ0) is 13.0. The topological polar surface area (TPSA) is 21.3 Å². The second-order valence-corrected chi connectivity index (χ2v) is 5.27. The third kappa shape index (κ3) is 2.83. The Kier molecular flexibility index (Phi) is 4.23. The lowest BCUT2D eigenvalue weighted by Crippen LogP contribution is -2.39. The zero-order valence-corrected chi connectivity index (χ0v) is 11.3. The first-order valence-electron chi connectivity index (χ1n) is 6.72. The van der Waals surface area contributed by atoms with Crippen molar-refractivity contribution in [2.45, 2.75) is 39.2 Å². The Morgan fingerprint density at radius 1 is 1.39 bits per heavy atom. The Hall–Kier alpha value is -1.09. The van der Waals surface area contributed by atoms with E-state index in [1.807, 2.05) is 0 Å². The van der Waals surface area contributed by atoms with Gasteiger partial charge in [-0.15, -0.1) is 0 Å². The molecule has 0 unspecified atom stereocenters. The molecule has 0 aromatic heterocycles. The van der Waals surface area contributed by atoms with Crippen molar-refractivity contribution in [1.82, 2.24) is 5.32 Å². The number of hydrogen-bond acceptors (Lipinski definition) is 2. The molecular weight excluding hydrogens is 229 g/mol. The van der Waals surface area contributed by atoms with Crippen LogP contribution in [-0.2, 0) is 6.54 Å². The van der Waals surface area contributed by atoms with E-state index < -0.39 is 0 Å². The van der Waals surface area contributed by atoms with E-state index >= 15 is 0 Å². The molecule has 2 nitrogen and oxygen atoms in total. The van der Waals surface area contributed by atoms with Gasteiger partial charge in [-0.1, -0.05) is 19.4 Å². The maximum absolute atomic E-state index is 13.7. The van der Waals surface area contributed by atoms with E-state index in [9.17, 15) is 4.39 Å². The van der Waals surface area contributed by atoms with E-state index in [4.69, 9.17) is 4.74 Å². The summed E-state index contributed by atoms with van der Waals surface area (Å²) < 4.78 is 18.7. The molecule has 0 bridgehead atoms. The molecule has 1 aliphatic carbocycles. The molecule has 1 aliphatic rings. The Bertz CT molecular complexity index is 396. The van der Waals surface area contributed by atoms with Gasteiger partial charge in [-0.25, -0.2) is 4.39 Å². The molecule has 2 rings (SSSR count). The van der Waals surface area contributed by atoms with Crippen molar-refractivity contribution >= 4 is 0 Å². The molecule has 3 heteroatoms. The third-order valence-electron chi connectivity index (χ3n) is 4.24. The Balaban J connectivity index is 1.86. The largest absolute Gasteiger partial charge is 0.497 e. The monoisotopic (exact) mass is 251 g/mol. The Labute approximate surface area is 109 Å². The predicted molar refractivity (Wildman–Crippen MR) is 71.2 cm³/mol. The third-order valence-corrected chi connectivity index (χ3v) is 4.24. The molecule has 1 aromatic rings. The van der Waals surface area contributed by atoms with Gasteiger partial charge >= 0.3 is 0 Å². The fourth-order valence-corrected chi connectivity index (χ4v) is 2.59. The van der Waals surface area contributed by atoms with Gasteiger partial charge in [0, 0.05) is 24.7 Å². The van der Waals surface area contributed by atoms with Gasteiger partial charge in [0.2, 0.25) is 0 Å². The van der Waals surface area contributed by atoms with Gasteiger partial charge in [-0.3, -0.25) is 0 Å². The Morgan fingerprint density at radius 2 is 2.17 bits per heavy atom. The van der Waals surface area contributed by atoms with Crippen LogP contribution in [0.4, 0.5) is 4.39 Å². The fourth-order valence-electron chi connectivity index (χ4n) is 2.59. The smallest absolute Gasteiger partial charge is 0.131 e. The molecule has 0 atom stereocenters. The summed E-state index contributed by atoms with van der Waals surface area (Å²) in [5.41, 5.74) is 1.18. The van der Waals surface area contributed by atoms with Crippen LogP contribution in [0.5, 0.6) is 5.75 Å². The van der Waals surface area contributed by atoms with E-state index in [0.717, 1.165) is 6.54 Å². The first-order chi connectivity index (χ1) is 8.69. The maximum atomic E-state index is 13.7. The van der Waals surface area contributed by atoms with Gasteiger partial charge in [0.05, 0.1) is 7.11 Å². The highest BCUT2D eigenvalue weighted by molar-refractivity contribution is 5.28. The van der Waals surface area contributed by atoms with Crippen molar-refractivity contribution in [3.63, 3.8) is 0 Å². The van der Waals surface area contributed by atoms with Gasteiger partial charge in [0.25, 0.3) is 0 Å². The molecule has 0 amide bonds. The number of halogens is 1. The maximum Gasteiger partial charge on any atom is 0.131 e. The van der Waals surface area contributed by atoms with Gasteiger partial charge in [0.15, 0.2) is 0 Å². The normalized spacial score (nSPS) is 17.3. The number of ether oxygens (including phenoxy) is 1. The summed E-state index contributed by atoms with van der Waals surface area (Å²) >= 11 is 0. The summed E-state index contributed by atoms with van der Waals surface area (Å²) in [6.07, 6.45) is 5.17. The van der Waals surface area contributed by atoms with Gasteiger partial charge in [-0.05, 0) is 30.7 Å². The number of hydrogen-bond donors (Lipinski definition) is 1. The summed E-state index contributed by atoms with van der Waals surface area (Å²) in [5.74, 6) is 0.376. The molecule has 1 aromatic carbocycles. The van der Waals surface area contributed by atoms with Crippen LogP contribution in [0.3, 0.4) is 0 Å². The Morgan fingerprint density at radius 3 is 2.67 bits per heavy atom. The highest BCUT2D eigenvalue weighted by atomic mass is 19.1. The minimum Gasteiger partial charge on any atom is -0.497 e. The van der Waals surface area contributed by atoms with Crippen LogP contribution >= 0.6 is 0 Å². The van der Waals surface area contributed by atoms with E-state index in [1.165, 1.54) is 31.7 Å². The van der Waals surface area contributed by atoms with Crippen molar-refractivity contribution in [1.29, 1.82) is 0 Å². The predicted octanol–water partition coefficient (Wildman–Crippen LogP) is 3.50. The summed E-state index contributed by atoms with van der Waals surface area (Å²) in [5, 5.41) is 3.39. The average molecular weight is 251 g/mol. The lowest BCUT2D eigenvalue weighted by atomic mass is 9.67. The lowest BCUT2D eigenvalue weighted by Gasteiger charge is -2.41. The molecular formula is C15H22FNO. The summed E-state index contributed by atoms with van der Waals surface area (Å²) in [6.45, 7) is 3.83. The number of methoxy groups -OCH3 is 1. The quantitative estimate of drug-likeness (QED) is 0.835. The standard InChI is InChI=1S/C15H22FNO/c1-3-15(7-4-8-15)11-17-10-12-5-6-13(18-2)9-14(12)16/h5-6,9,17H,3-4,7-8,10-11H2,1-2H3. The second kappa shape index (κ2) is 5.70. The minimum absolute atomic E-state index is 0.194. The van der Waals surface area contributed by atoms with Crippen molar-refractivity contribution in [3.05, 3.63) is 29.6 Å². The zero-order valence-electron chi connectivity index (χ0n) is 11.3. The van der Waals surface area contributed by atoms with Crippen LogP contribution in [0.25, 0.3) is 0 Å². The molecule has 1 fully saturated rings. The van der Waals surface area contributed by atoms with E-state index in [1.54, 1.807) is 19.2 Å². The van der Waals surface area contributed by atoms with Crippen LogP contribution in [0.2, 0.25) is 0 Å². The summed E-state index contributed by atoms with van der Waals surface area (Å²) in [7, 11) is 1.55. The minimum atomic E-state index is -0.194. The van der Waals surface area contributed by atoms with E-state index in [-0.39, 0.29) is 5.82 Å². The molecule has 100 valence electrons. The molecule has 18 heavy (non-hydrogen) atoms. The van der Waals surface area contributed by atoms with Crippen molar-refractivity contribution < 1.29 is 9.13 Å². The summed E-state index contributed by atoms with van der Waals surface area (Å²) in [4.78, 5) is 0. The molecule has 0 spiro atoms. The average Bonchev–Trinajstić information content (AvgIpc) is 2.34. The number of rotatable bonds is 6. The molecule has 0 aliphatic heterocycles. The van der Waals surface area contributed by atoms with Crippen LogP contribution in [0.1, 0.15) is 38.2 Å². The first kappa shape index (κ1) is 13.3. The second-order valence-electron chi connectivity index (χ2n) is 5.27. The van der Waals surface area contributed by atoms with Crippen LogP contribution < -0.4 is 10.1 Å². The molecule has 1 N–H and O–H groups in total. The summed E-state index contributed by atoms with van der Waals surface area (Å²) in [6, 6.07) is 5.04. The molecule has 0 saturated heterocycles. The molecule has 1 saturated carbocycles.